The van der Waals surface area contributed by atoms with E-state index in [9.17, 15) is 0 Å². The molecule has 0 atom stereocenters. The van der Waals surface area contributed by atoms with Gasteiger partial charge in [0.1, 0.15) is 0 Å². The lowest BCUT2D eigenvalue weighted by Gasteiger charge is -2.13. The van der Waals surface area contributed by atoms with E-state index in [1.807, 2.05) is 0 Å². The van der Waals surface area contributed by atoms with Gasteiger partial charge in [-0.05, 0) is 43.6 Å². The van der Waals surface area contributed by atoms with Crippen LogP contribution >= 0.6 is 15.9 Å². The molecule has 3 heteroatoms. The summed E-state index contributed by atoms with van der Waals surface area (Å²) in [4.78, 5) is 5.88. The summed E-state index contributed by atoms with van der Waals surface area (Å²) >= 11 is 3.50. The smallest absolute Gasteiger partial charge is 0.0468 e. The monoisotopic (exact) mass is 278 g/mol. The second-order valence-electron chi connectivity index (χ2n) is 4.49. The molecule has 3 rings (SSSR count). The van der Waals surface area contributed by atoms with Gasteiger partial charge in [0.25, 0.3) is 0 Å². The summed E-state index contributed by atoms with van der Waals surface area (Å²) < 4.78 is 1.13. The molecule has 0 spiro atoms. The van der Waals surface area contributed by atoms with Crippen molar-refractivity contribution in [3.63, 3.8) is 0 Å². The molecule has 0 aliphatic carbocycles. The number of rotatable bonds is 2. The molecule has 0 amide bonds. The highest BCUT2D eigenvalue weighted by atomic mass is 79.9. The van der Waals surface area contributed by atoms with Crippen LogP contribution < -0.4 is 0 Å². The summed E-state index contributed by atoms with van der Waals surface area (Å²) in [7, 11) is 0. The van der Waals surface area contributed by atoms with Crippen LogP contribution in [0, 0.1) is 0 Å². The molecule has 1 aliphatic heterocycles. The van der Waals surface area contributed by atoms with E-state index in [2.05, 4.69) is 50.2 Å². The molecule has 0 saturated carbocycles. The Morgan fingerprint density at radius 1 is 1.25 bits per heavy atom. The lowest BCUT2D eigenvalue weighted by atomic mass is 10.1. The maximum Gasteiger partial charge on any atom is 0.0468 e. The minimum Gasteiger partial charge on any atom is -0.361 e. The van der Waals surface area contributed by atoms with Crippen LogP contribution in [0.25, 0.3) is 10.9 Å². The first-order valence-corrected chi connectivity index (χ1v) is 6.60. The summed E-state index contributed by atoms with van der Waals surface area (Å²) in [6.45, 7) is 3.59. The van der Waals surface area contributed by atoms with E-state index in [-0.39, 0.29) is 0 Å². The molecule has 2 nitrogen and oxygen atoms in total. The van der Waals surface area contributed by atoms with E-state index in [0.29, 0.717) is 0 Å². The number of hydrogen-bond acceptors (Lipinski definition) is 1. The number of likely N-dealkylation sites (tertiary alicyclic amines) is 1. The van der Waals surface area contributed by atoms with Crippen LogP contribution in [0.1, 0.15) is 18.4 Å². The van der Waals surface area contributed by atoms with Crippen molar-refractivity contribution in [2.45, 2.75) is 19.4 Å². The Morgan fingerprint density at radius 3 is 2.88 bits per heavy atom. The predicted molar refractivity (Wildman–Crippen MR) is 70.5 cm³/mol. The summed E-state index contributed by atoms with van der Waals surface area (Å²) in [5, 5.41) is 1.36. The molecule has 1 aromatic heterocycles. The zero-order chi connectivity index (χ0) is 11.0. The maximum absolute atomic E-state index is 3.50. The van der Waals surface area contributed by atoms with Gasteiger partial charge in [0, 0.05) is 28.1 Å². The predicted octanol–water partition coefficient (Wildman–Crippen LogP) is 3.53. The topological polar surface area (TPSA) is 19.0 Å². The van der Waals surface area contributed by atoms with Crippen LogP contribution in [0.15, 0.2) is 28.9 Å². The van der Waals surface area contributed by atoms with Gasteiger partial charge in [-0.15, -0.1) is 0 Å². The molecular formula is C13H15BrN2. The van der Waals surface area contributed by atoms with Crippen LogP contribution in [0.2, 0.25) is 0 Å². The largest absolute Gasteiger partial charge is 0.361 e. The van der Waals surface area contributed by atoms with Gasteiger partial charge < -0.3 is 4.98 Å². The Morgan fingerprint density at radius 2 is 2.06 bits per heavy atom. The normalized spacial score (nSPS) is 17.3. The van der Waals surface area contributed by atoms with Gasteiger partial charge in [0.2, 0.25) is 0 Å². The fourth-order valence-electron chi connectivity index (χ4n) is 2.47. The number of H-pyrrole nitrogens is 1. The quantitative estimate of drug-likeness (QED) is 0.891. The molecule has 0 unspecified atom stereocenters. The van der Waals surface area contributed by atoms with Gasteiger partial charge in [0.05, 0.1) is 0 Å². The number of fused-ring (bicyclic) bond motifs is 1. The van der Waals surface area contributed by atoms with Gasteiger partial charge >= 0.3 is 0 Å². The fourth-order valence-corrected chi connectivity index (χ4v) is 2.83. The number of aromatic nitrogens is 1. The molecule has 84 valence electrons. The Kier molecular flexibility index (Phi) is 2.74. The second-order valence-corrected chi connectivity index (χ2v) is 5.40. The molecule has 1 aromatic carbocycles. The fraction of sp³-hybridized carbons (Fsp3) is 0.385. The third-order valence-corrected chi connectivity index (χ3v) is 3.82. The van der Waals surface area contributed by atoms with Crippen LogP contribution in [0.5, 0.6) is 0 Å². The number of nitrogens with one attached hydrogen (secondary N) is 1. The van der Waals surface area contributed by atoms with Crippen LogP contribution in [-0.2, 0) is 6.54 Å². The number of benzene rings is 1. The number of hydrogen-bond donors (Lipinski definition) is 1. The second kappa shape index (κ2) is 4.22. The van der Waals surface area contributed by atoms with Gasteiger partial charge in [-0.3, -0.25) is 4.90 Å². The molecule has 1 aliphatic rings. The highest BCUT2D eigenvalue weighted by Crippen LogP contribution is 2.24. The average Bonchev–Trinajstić information content (AvgIpc) is 2.89. The molecule has 0 radical (unpaired) electrons. The van der Waals surface area contributed by atoms with Crippen LogP contribution in [0.3, 0.4) is 0 Å². The summed E-state index contributed by atoms with van der Waals surface area (Å²) in [5.41, 5.74) is 2.65. The zero-order valence-corrected chi connectivity index (χ0v) is 10.8. The molecule has 1 N–H and O–H groups in total. The van der Waals surface area contributed by atoms with E-state index in [0.717, 1.165) is 11.0 Å². The van der Waals surface area contributed by atoms with Crippen molar-refractivity contribution in [1.29, 1.82) is 0 Å². The minimum absolute atomic E-state index is 1.08. The van der Waals surface area contributed by atoms with Crippen molar-refractivity contribution in [2.24, 2.45) is 0 Å². The van der Waals surface area contributed by atoms with Gasteiger partial charge in [-0.1, -0.05) is 22.0 Å². The standard InChI is InChI=1S/C13H15BrN2/c14-11-3-4-12-10(8-15-13(12)7-11)9-16-5-1-2-6-16/h3-4,7-8,15H,1-2,5-6,9H2. The van der Waals surface area contributed by atoms with Gasteiger partial charge in [-0.25, -0.2) is 0 Å². The lowest BCUT2D eigenvalue weighted by Crippen LogP contribution is -2.17. The Bertz CT molecular complexity index is 498. The van der Waals surface area contributed by atoms with Crippen molar-refractivity contribution < 1.29 is 0 Å². The molecule has 2 aromatic rings. The van der Waals surface area contributed by atoms with E-state index < -0.39 is 0 Å². The van der Waals surface area contributed by atoms with Gasteiger partial charge in [0.15, 0.2) is 0 Å². The van der Waals surface area contributed by atoms with Crippen molar-refractivity contribution in [3.8, 4) is 0 Å². The van der Waals surface area contributed by atoms with E-state index in [1.54, 1.807) is 0 Å². The molecular weight excluding hydrogens is 264 g/mol. The SMILES string of the molecule is Brc1ccc2c(CN3CCCC3)c[nH]c2c1. The zero-order valence-electron chi connectivity index (χ0n) is 9.17. The maximum atomic E-state index is 3.50. The van der Waals surface area contributed by atoms with Crippen molar-refractivity contribution in [3.05, 3.63) is 34.4 Å². The summed E-state index contributed by atoms with van der Waals surface area (Å²) in [6, 6.07) is 6.45. The minimum atomic E-state index is 1.08. The highest BCUT2D eigenvalue weighted by molar-refractivity contribution is 9.10. The van der Waals surface area contributed by atoms with Crippen molar-refractivity contribution in [2.75, 3.05) is 13.1 Å². The number of halogens is 1. The van der Waals surface area contributed by atoms with E-state index in [1.165, 1.54) is 42.4 Å². The average molecular weight is 279 g/mol. The first-order valence-electron chi connectivity index (χ1n) is 5.81. The summed E-state index contributed by atoms with van der Waals surface area (Å²) in [5.74, 6) is 0. The van der Waals surface area contributed by atoms with E-state index in [4.69, 9.17) is 0 Å². The third-order valence-electron chi connectivity index (χ3n) is 3.32. The third kappa shape index (κ3) is 1.89. The number of aromatic amines is 1. The van der Waals surface area contributed by atoms with Crippen LogP contribution in [-0.4, -0.2) is 23.0 Å². The highest BCUT2D eigenvalue weighted by Gasteiger charge is 2.13. The van der Waals surface area contributed by atoms with Crippen molar-refractivity contribution >= 4 is 26.8 Å². The van der Waals surface area contributed by atoms with Crippen molar-refractivity contribution in [1.82, 2.24) is 9.88 Å². The van der Waals surface area contributed by atoms with E-state index >= 15 is 0 Å². The first kappa shape index (κ1) is 10.4. The lowest BCUT2D eigenvalue weighted by molar-refractivity contribution is 0.332. The summed E-state index contributed by atoms with van der Waals surface area (Å²) in [6.07, 6.45) is 4.86. The Labute approximate surface area is 104 Å². The van der Waals surface area contributed by atoms with Gasteiger partial charge in [-0.2, -0.15) is 0 Å². The van der Waals surface area contributed by atoms with Crippen LogP contribution in [0.4, 0.5) is 0 Å². The molecule has 0 bridgehead atoms. The molecule has 1 fully saturated rings. The first-order chi connectivity index (χ1) is 7.83. The molecule has 1 saturated heterocycles. The molecule has 2 heterocycles. The molecule has 16 heavy (non-hydrogen) atoms. The number of nitrogens with zero attached hydrogens (tertiary/aromatic N) is 1. The Hall–Kier alpha value is -0.800. The Balaban J connectivity index is 1.91.